The Kier molecular flexibility index (Phi) is 6.42. The van der Waals surface area contributed by atoms with Crippen molar-refractivity contribution in [2.45, 2.75) is 31.9 Å². The van der Waals surface area contributed by atoms with E-state index in [1.54, 1.807) is 12.0 Å². The van der Waals surface area contributed by atoms with Gasteiger partial charge in [-0.05, 0) is 55.5 Å². The molecule has 2 unspecified atom stereocenters. The fourth-order valence-electron chi connectivity index (χ4n) is 4.58. The average Bonchev–Trinajstić information content (AvgIpc) is 3.44. The molecule has 1 aliphatic heterocycles. The maximum atomic E-state index is 12.9. The minimum Gasteiger partial charge on any atom is -0.497 e. The van der Waals surface area contributed by atoms with Crippen molar-refractivity contribution in [1.29, 1.82) is 0 Å². The molecule has 0 saturated carbocycles. The summed E-state index contributed by atoms with van der Waals surface area (Å²) in [6.07, 6.45) is -0.367. The summed E-state index contributed by atoms with van der Waals surface area (Å²) in [5.41, 5.74) is 3.78. The van der Waals surface area contributed by atoms with Crippen LogP contribution in [0.15, 0.2) is 72.8 Å². The molecule has 1 saturated heterocycles. The molecule has 0 radical (unpaired) electrons. The third-order valence-corrected chi connectivity index (χ3v) is 6.42. The van der Waals surface area contributed by atoms with Crippen LogP contribution in [0.25, 0.3) is 11.0 Å². The van der Waals surface area contributed by atoms with Gasteiger partial charge in [-0.2, -0.15) is 0 Å². The highest BCUT2D eigenvalue weighted by Crippen LogP contribution is 2.34. The number of carbonyl (C=O) groups excluding carboxylic acids is 1. The zero-order valence-corrected chi connectivity index (χ0v) is 19.9. The van der Waals surface area contributed by atoms with E-state index in [4.69, 9.17) is 14.5 Å². The Hall–Kier alpha value is -3.84. The lowest BCUT2D eigenvalue weighted by Crippen LogP contribution is -2.26. The number of aliphatic hydroxyl groups is 1. The number of hydrogen-bond acceptors (Lipinski definition) is 5. The van der Waals surface area contributed by atoms with Crippen molar-refractivity contribution in [3.8, 4) is 11.5 Å². The Morgan fingerprint density at radius 2 is 1.74 bits per heavy atom. The first-order chi connectivity index (χ1) is 17.0. The maximum absolute atomic E-state index is 12.9. The van der Waals surface area contributed by atoms with Gasteiger partial charge in [0, 0.05) is 24.6 Å². The topological polar surface area (TPSA) is 76.8 Å². The van der Waals surface area contributed by atoms with Crippen LogP contribution in [0.5, 0.6) is 11.5 Å². The number of aryl methyl sites for hydroxylation is 1. The smallest absolute Gasteiger partial charge is 0.227 e. The average molecular weight is 472 g/mol. The number of carbonyl (C=O) groups is 1. The number of imidazole rings is 1. The van der Waals surface area contributed by atoms with E-state index in [9.17, 15) is 9.90 Å². The van der Waals surface area contributed by atoms with E-state index in [0.717, 1.165) is 39.6 Å². The standard InChI is InChI=1S/C28H29N3O4/c1-19-7-11-24(12-8-19)35-18-22(32)17-31-26-6-4-3-5-25(26)29-28(31)20-15-27(33)30(16-20)21-9-13-23(34-2)14-10-21/h3-14,20,22,32H,15-18H2,1-2H3. The Morgan fingerprint density at radius 3 is 2.49 bits per heavy atom. The molecule has 180 valence electrons. The van der Waals surface area contributed by atoms with Gasteiger partial charge < -0.3 is 24.0 Å². The van der Waals surface area contributed by atoms with E-state index in [2.05, 4.69) is 0 Å². The molecule has 0 bridgehead atoms. The van der Waals surface area contributed by atoms with Crippen LogP contribution in [-0.2, 0) is 11.3 Å². The molecule has 1 fully saturated rings. The van der Waals surface area contributed by atoms with Crippen molar-refractivity contribution in [3.05, 3.63) is 84.2 Å². The molecule has 1 aliphatic rings. The molecule has 1 N–H and O–H groups in total. The summed E-state index contributed by atoms with van der Waals surface area (Å²) in [7, 11) is 1.62. The fraction of sp³-hybridized carbons (Fsp3) is 0.286. The predicted molar refractivity (Wildman–Crippen MR) is 135 cm³/mol. The Balaban J connectivity index is 1.36. The van der Waals surface area contributed by atoms with Gasteiger partial charge in [0.15, 0.2) is 0 Å². The van der Waals surface area contributed by atoms with Crippen molar-refractivity contribution in [2.75, 3.05) is 25.2 Å². The second-order valence-corrected chi connectivity index (χ2v) is 8.95. The van der Waals surface area contributed by atoms with Gasteiger partial charge in [-0.3, -0.25) is 4.79 Å². The first-order valence-corrected chi connectivity index (χ1v) is 11.8. The Labute approximate surface area is 204 Å². The van der Waals surface area contributed by atoms with Gasteiger partial charge >= 0.3 is 0 Å². The van der Waals surface area contributed by atoms with Crippen molar-refractivity contribution >= 4 is 22.6 Å². The summed E-state index contributed by atoms with van der Waals surface area (Å²) in [6, 6.07) is 23.1. The van der Waals surface area contributed by atoms with Crippen molar-refractivity contribution < 1.29 is 19.4 Å². The van der Waals surface area contributed by atoms with Crippen molar-refractivity contribution in [1.82, 2.24) is 9.55 Å². The summed E-state index contributed by atoms with van der Waals surface area (Å²) in [5, 5.41) is 10.8. The lowest BCUT2D eigenvalue weighted by Gasteiger charge is -2.19. The fourth-order valence-corrected chi connectivity index (χ4v) is 4.58. The van der Waals surface area contributed by atoms with Gasteiger partial charge in [-0.25, -0.2) is 4.98 Å². The molecule has 3 aromatic carbocycles. The van der Waals surface area contributed by atoms with Crippen LogP contribution < -0.4 is 14.4 Å². The van der Waals surface area contributed by atoms with Crippen LogP contribution in [0.3, 0.4) is 0 Å². The molecule has 5 rings (SSSR count). The number of ether oxygens (including phenoxy) is 2. The van der Waals surface area contributed by atoms with Crippen molar-refractivity contribution in [3.63, 3.8) is 0 Å². The number of nitrogens with zero attached hydrogens (tertiary/aromatic N) is 3. The van der Waals surface area contributed by atoms with Gasteiger partial charge in [0.05, 0.1) is 24.7 Å². The van der Waals surface area contributed by atoms with Crippen LogP contribution in [0.1, 0.15) is 23.7 Å². The number of methoxy groups -OCH3 is 1. The molecule has 0 spiro atoms. The predicted octanol–water partition coefficient (Wildman–Crippen LogP) is 4.31. The van der Waals surface area contributed by atoms with E-state index >= 15 is 0 Å². The molecule has 4 aromatic rings. The third kappa shape index (κ3) is 4.86. The van der Waals surface area contributed by atoms with Crippen LogP contribution in [0, 0.1) is 6.92 Å². The highest BCUT2D eigenvalue weighted by molar-refractivity contribution is 5.96. The molecule has 0 aliphatic carbocycles. The van der Waals surface area contributed by atoms with Crippen LogP contribution in [0.4, 0.5) is 5.69 Å². The van der Waals surface area contributed by atoms with E-state index < -0.39 is 6.10 Å². The van der Waals surface area contributed by atoms with Gasteiger partial charge in [0.1, 0.15) is 30.0 Å². The quantitative estimate of drug-likeness (QED) is 0.414. The number of rotatable bonds is 8. The summed E-state index contributed by atoms with van der Waals surface area (Å²) >= 11 is 0. The van der Waals surface area contributed by atoms with E-state index in [-0.39, 0.29) is 18.4 Å². The molecule has 7 heteroatoms. The minimum absolute atomic E-state index is 0.0574. The Morgan fingerprint density at radius 1 is 1.03 bits per heavy atom. The number of aromatic nitrogens is 2. The molecule has 1 aromatic heterocycles. The lowest BCUT2D eigenvalue weighted by atomic mass is 10.1. The number of anilines is 1. The normalized spacial score (nSPS) is 16.6. The lowest BCUT2D eigenvalue weighted by molar-refractivity contribution is -0.117. The first kappa shape index (κ1) is 22.9. The van der Waals surface area contributed by atoms with Crippen LogP contribution in [0.2, 0.25) is 0 Å². The van der Waals surface area contributed by atoms with E-state index in [1.165, 1.54) is 0 Å². The van der Waals surface area contributed by atoms with Gasteiger partial charge in [0.2, 0.25) is 5.91 Å². The summed E-state index contributed by atoms with van der Waals surface area (Å²) in [4.78, 5) is 19.6. The summed E-state index contributed by atoms with van der Waals surface area (Å²) < 4.78 is 13.1. The highest BCUT2D eigenvalue weighted by atomic mass is 16.5. The van der Waals surface area contributed by atoms with Crippen LogP contribution >= 0.6 is 0 Å². The number of amides is 1. The minimum atomic E-state index is -0.734. The molecule has 1 amide bonds. The zero-order chi connectivity index (χ0) is 24.4. The Bertz CT molecular complexity index is 1310. The highest BCUT2D eigenvalue weighted by Gasteiger charge is 2.35. The second-order valence-electron chi connectivity index (χ2n) is 8.95. The monoisotopic (exact) mass is 471 g/mol. The largest absolute Gasteiger partial charge is 0.497 e. The SMILES string of the molecule is COc1ccc(N2CC(c3nc4ccccc4n3CC(O)COc3ccc(C)cc3)CC2=O)cc1. The van der Waals surface area contributed by atoms with Gasteiger partial charge in [-0.1, -0.05) is 29.8 Å². The molecular formula is C28H29N3O4. The molecule has 2 atom stereocenters. The van der Waals surface area contributed by atoms with E-state index in [1.807, 2.05) is 84.3 Å². The number of aliphatic hydroxyl groups excluding tert-OH is 1. The van der Waals surface area contributed by atoms with Crippen LogP contribution in [-0.4, -0.2) is 46.9 Å². The maximum Gasteiger partial charge on any atom is 0.227 e. The zero-order valence-electron chi connectivity index (χ0n) is 19.9. The molecular weight excluding hydrogens is 442 g/mol. The van der Waals surface area contributed by atoms with Gasteiger partial charge in [0.25, 0.3) is 0 Å². The van der Waals surface area contributed by atoms with Gasteiger partial charge in [-0.15, -0.1) is 0 Å². The van der Waals surface area contributed by atoms with E-state index in [0.29, 0.717) is 19.5 Å². The number of benzene rings is 3. The summed E-state index contributed by atoms with van der Waals surface area (Å²) in [5.74, 6) is 2.26. The molecule has 35 heavy (non-hydrogen) atoms. The molecule has 7 nitrogen and oxygen atoms in total. The third-order valence-electron chi connectivity index (χ3n) is 6.42. The van der Waals surface area contributed by atoms with Crippen molar-refractivity contribution in [2.24, 2.45) is 0 Å². The number of hydrogen-bond donors (Lipinski definition) is 1. The number of fused-ring (bicyclic) bond motifs is 1. The second kappa shape index (κ2) is 9.80. The summed E-state index contributed by atoms with van der Waals surface area (Å²) in [6.45, 7) is 3.05. The number of para-hydroxylation sites is 2. The first-order valence-electron chi connectivity index (χ1n) is 11.8. The molecule has 2 heterocycles.